The lowest BCUT2D eigenvalue weighted by atomic mass is 10.1. The largest absolute Gasteiger partial charge is 0.416 e. The van der Waals surface area contributed by atoms with Gasteiger partial charge in [-0.1, -0.05) is 12.1 Å². The van der Waals surface area contributed by atoms with E-state index < -0.39 is 17.6 Å². The van der Waals surface area contributed by atoms with Crippen LogP contribution >= 0.6 is 0 Å². The number of hydrogen-bond acceptors (Lipinski definition) is 5. The highest BCUT2D eigenvalue weighted by Gasteiger charge is 2.31. The van der Waals surface area contributed by atoms with Crippen LogP contribution in [-0.2, 0) is 6.18 Å². The quantitative estimate of drug-likeness (QED) is 0.435. The lowest BCUT2D eigenvalue weighted by molar-refractivity contribution is -0.137. The van der Waals surface area contributed by atoms with Crippen LogP contribution in [0.25, 0.3) is 22.0 Å². The van der Waals surface area contributed by atoms with Crippen molar-refractivity contribution in [2.45, 2.75) is 13.1 Å². The van der Waals surface area contributed by atoms with E-state index >= 15 is 0 Å². The standard InChI is InChI=1S/C21H15F4N5/c1-11-28-19(15-6-5-13(9-16(15)22)21(23,24)25)18(26)20(29-11)30-17-4-2-3-12-10-27-8-7-14(12)17/h2-10H,26H2,1H3,(H,28,29,30). The number of halogens is 4. The van der Waals surface area contributed by atoms with Gasteiger partial charge in [0, 0.05) is 34.4 Å². The zero-order valence-electron chi connectivity index (χ0n) is 15.6. The van der Waals surface area contributed by atoms with Gasteiger partial charge in [-0.2, -0.15) is 13.2 Å². The number of nitrogen functional groups attached to an aromatic ring is 1. The highest BCUT2D eigenvalue weighted by Crippen LogP contribution is 2.36. The number of anilines is 3. The second-order valence-electron chi connectivity index (χ2n) is 6.60. The van der Waals surface area contributed by atoms with E-state index in [0.29, 0.717) is 11.8 Å². The number of nitrogens with zero attached hydrogens (tertiary/aromatic N) is 3. The van der Waals surface area contributed by atoms with Crippen LogP contribution in [0, 0.1) is 12.7 Å². The first-order chi connectivity index (χ1) is 14.2. The minimum atomic E-state index is -4.65. The van der Waals surface area contributed by atoms with Crippen LogP contribution in [0.2, 0.25) is 0 Å². The molecule has 0 fully saturated rings. The molecule has 0 radical (unpaired) electrons. The van der Waals surface area contributed by atoms with Gasteiger partial charge in [-0.15, -0.1) is 0 Å². The van der Waals surface area contributed by atoms with E-state index in [1.807, 2.05) is 24.3 Å². The topological polar surface area (TPSA) is 76.7 Å². The van der Waals surface area contributed by atoms with Gasteiger partial charge in [0.2, 0.25) is 0 Å². The van der Waals surface area contributed by atoms with Gasteiger partial charge >= 0.3 is 6.18 Å². The third-order valence-electron chi connectivity index (χ3n) is 4.54. The first kappa shape index (κ1) is 19.6. The molecule has 2 aromatic heterocycles. The maximum absolute atomic E-state index is 14.5. The monoisotopic (exact) mass is 413 g/mol. The van der Waals surface area contributed by atoms with Crippen molar-refractivity contribution in [2.75, 3.05) is 11.1 Å². The Hall–Kier alpha value is -3.75. The number of alkyl halides is 3. The number of pyridine rings is 1. The molecule has 152 valence electrons. The summed E-state index contributed by atoms with van der Waals surface area (Å²) in [6.07, 6.45) is -1.30. The first-order valence-electron chi connectivity index (χ1n) is 8.85. The van der Waals surface area contributed by atoms with Crippen molar-refractivity contribution in [1.29, 1.82) is 0 Å². The number of nitrogens with one attached hydrogen (secondary N) is 1. The zero-order chi connectivity index (χ0) is 21.5. The summed E-state index contributed by atoms with van der Waals surface area (Å²) < 4.78 is 53.0. The van der Waals surface area contributed by atoms with Gasteiger partial charge in [0.05, 0.1) is 5.56 Å². The van der Waals surface area contributed by atoms with Crippen molar-refractivity contribution >= 4 is 28.0 Å². The van der Waals surface area contributed by atoms with E-state index in [4.69, 9.17) is 5.73 Å². The number of fused-ring (bicyclic) bond motifs is 1. The molecule has 0 unspecified atom stereocenters. The van der Waals surface area contributed by atoms with Gasteiger partial charge in [0.1, 0.15) is 23.0 Å². The molecule has 2 aromatic carbocycles. The summed E-state index contributed by atoms with van der Waals surface area (Å²) in [6.45, 7) is 1.59. The van der Waals surface area contributed by atoms with Crippen molar-refractivity contribution in [2.24, 2.45) is 0 Å². The zero-order valence-corrected chi connectivity index (χ0v) is 15.6. The second kappa shape index (κ2) is 7.25. The van der Waals surface area contributed by atoms with Gasteiger partial charge in [0.15, 0.2) is 5.82 Å². The smallest absolute Gasteiger partial charge is 0.394 e. The van der Waals surface area contributed by atoms with Gasteiger partial charge in [-0.3, -0.25) is 4.98 Å². The van der Waals surface area contributed by atoms with Crippen LogP contribution in [0.5, 0.6) is 0 Å². The van der Waals surface area contributed by atoms with Crippen LogP contribution in [-0.4, -0.2) is 15.0 Å². The highest BCUT2D eigenvalue weighted by atomic mass is 19.4. The number of hydrogen-bond donors (Lipinski definition) is 2. The molecule has 0 bridgehead atoms. The van der Waals surface area contributed by atoms with Crippen molar-refractivity contribution in [3.63, 3.8) is 0 Å². The number of rotatable bonds is 3. The summed E-state index contributed by atoms with van der Waals surface area (Å²) in [4.78, 5) is 12.5. The molecule has 30 heavy (non-hydrogen) atoms. The van der Waals surface area contributed by atoms with Gasteiger partial charge in [-0.25, -0.2) is 14.4 Å². The van der Waals surface area contributed by atoms with Crippen molar-refractivity contribution < 1.29 is 17.6 Å². The molecule has 0 aliphatic carbocycles. The summed E-state index contributed by atoms with van der Waals surface area (Å²) in [6, 6.07) is 9.59. The van der Waals surface area contributed by atoms with Gasteiger partial charge in [-0.05, 0) is 37.3 Å². The Morgan fingerprint density at radius 1 is 1.03 bits per heavy atom. The van der Waals surface area contributed by atoms with Crippen molar-refractivity contribution in [3.05, 3.63) is 72.1 Å². The first-order valence-corrected chi connectivity index (χ1v) is 8.85. The number of nitrogens with two attached hydrogens (primary N) is 1. The molecule has 5 nitrogen and oxygen atoms in total. The fourth-order valence-corrected chi connectivity index (χ4v) is 3.12. The molecule has 9 heteroatoms. The molecule has 0 aliphatic heterocycles. The molecule has 0 spiro atoms. The highest BCUT2D eigenvalue weighted by molar-refractivity contribution is 5.96. The van der Waals surface area contributed by atoms with Crippen LogP contribution < -0.4 is 11.1 Å². The predicted molar refractivity (Wildman–Crippen MR) is 107 cm³/mol. The molecular formula is C21H15F4N5. The summed E-state index contributed by atoms with van der Waals surface area (Å²) in [5.41, 5.74) is 5.67. The maximum Gasteiger partial charge on any atom is 0.416 e. The minimum absolute atomic E-state index is 0.0122. The molecule has 2 heterocycles. The molecule has 3 N–H and O–H groups in total. The van der Waals surface area contributed by atoms with Gasteiger partial charge < -0.3 is 11.1 Å². The van der Waals surface area contributed by atoms with Crippen LogP contribution in [0.15, 0.2) is 54.9 Å². The number of aryl methyl sites for hydroxylation is 1. The third kappa shape index (κ3) is 3.61. The van der Waals surface area contributed by atoms with E-state index in [1.54, 1.807) is 19.3 Å². The molecule has 0 saturated carbocycles. The van der Waals surface area contributed by atoms with E-state index in [1.165, 1.54) is 0 Å². The van der Waals surface area contributed by atoms with E-state index in [2.05, 4.69) is 20.3 Å². The maximum atomic E-state index is 14.5. The Morgan fingerprint density at radius 3 is 2.57 bits per heavy atom. The predicted octanol–water partition coefficient (Wildman–Crippen LogP) is 5.48. The SMILES string of the molecule is Cc1nc(Nc2cccc3cnccc23)c(N)c(-c2ccc(C(F)(F)F)cc2F)n1. The Labute approximate surface area is 168 Å². The fourth-order valence-electron chi connectivity index (χ4n) is 3.12. The Balaban J connectivity index is 1.80. The Kier molecular flexibility index (Phi) is 4.73. The van der Waals surface area contributed by atoms with Crippen molar-refractivity contribution in [3.8, 4) is 11.3 Å². The van der Waals surface area contributed by atoms with Crippen LogP contribution in [0.1, 0.15) is 11.4 Å². The minimum Gasteiger partial charge on any atom is -0.394 e. The number of benzene rings is 2. The van der Waals surface area contributed by atoms with E-state index in [9.17, 15) is 17.6 Å². The molecule has 0 aliphatic rings. The summed E-state index contributed by atoms with van der Waals surface area (Å²) in [5, 5.41) is 4.87. The van der Waals surface area contributed by atoms with Gasteiger partial charge in [0.25, 0.3) is 0 Å². The lowest BCUT2D eigenvalue weighted by Gasteiger charge is -2.15. The Bertz CT molecular complexity index is 1250. The van der Waals surface area contributed by atoms with E-state index in [-0.39, 0.29) is 28.6 Å². The van der Waals surface area contributed by atoms with Crippen LogP contribution in [0.4, 0.5) is 34.8 Å². The molecule has 0 amide bonds. The summed E-state index contributed by atoms with van der Waals surface area (Å²) in [7, 11) is 0. The molecule has 0 atom stereocenters. The molecule has 4 aromatic rings. The number of aromatic nitrogens is 3. The van der Waals surface area contributed by atoms with E-state index in [0.717, 1.165) is 22.9 Å². The lowest BCUT2D eigenvalue weighted by Crippen LogP contribution is -2.08. The Morgan fingerprint density at radius 2 is 1.83 bits per heavy atom. The van der Waals surface area contributed by atoms with Crippen molar-refractivity contribution in [1.82, 2.24) is 15.0 Å². The summed E-state index contributed by atoms with van der Waals surface area (Å²) >= 11 is 0. The fraction of sp³-hybridized carbons (Fsp3) is 0.0952. The average Bonchev–Trinajstić information content (AvgIpc) is 2.70. The molecular weight excluding hydrogens is 398 g/mol. The second-order valence-corrected chi connectivity index (χ2v) is 6.60. The average molecular weight is 413 g/mol. The normalized spacial score (nSPS) is 11.6. The summed E-state index contributed by atoms with van der Waals surface area (Å²) in [5.74, 6) is -0.569. The molecule has 4 rings (SSSR count). The van der Waals surface area contributed by atoms with Crippen LogP contribution in [0.3, 0.4) is 0 Å². The molecule has 0 saturated heterocycles. The third-order valence-corrected chi connectivity index (χ3v) is 4.54.